The first-order chi connectivity index (χ1) is 14.6. The van der Waals surface area contributed by atoms with Gasteiger partial charge in [0.25, 0.3) is 0 Å². The molecule has 0 saturated carbocycles. The van der Waals surface area contributed by atoms with Crippen LogP contribution in [-0.2, 0) is 11.8 Å². The van der Waals surface area contributed by atoms with Crippen LogP contribution in [-0.4, -0.2) is 30.0 Å². The number of rotatable bonds is 6. The molecule has 0 aliphatic carbocycles. The van der Waals surface area contributed by atoms with Crippen molar-refractivity contribution in [3.63, 3.8) is 0 Å². The fourth-order valence-electron chi connectivity index (χ4n) is 3.62. The number of carbonyl (C=O) groups is 2. The highest BCUT2D eigenvalue weighted by atomic mass is 16.5. The van der Waals surface area contributed by atoms with E-state index in [0.717, 1.165) is 22.2 Å². The van der Waals surface area contributed by atoms with E-state index in [0.29, 0.717) is 16.9 Å². The van der Waals surface area contributed by atoms with Gasteiger partial charge >= 0.3 is 5.97 Å². The number of para-hydroxylation sites is 1. The molecule has 5 nitrogen and oxygen atoms in total. The molecule has 0 radical (unpaired) electrons. The normalized spacial score (nSPS) is 10.7. The van der Waals surface area contributed by atoms with Crippen molar-refractivity contribution in [1.82, 2.24) is 4.57 Å². The second-order valence-electron chi connectivity index (χ2n) is 6.89. The van der Waals surface area contributed by atoms with Gasteiger partial charge in [0.2, 0.25) is 5.78 Å². The maximum atomic E-state index is 13.2. The Bertz CT molecular complexity index is 1210. The number of nitrogens with zero attached hydrogens (tertiary/aromatic N) is 1. The van der Waals surface area contributed by atoms with E-state index in [1.165, 1.54) is 0 Å². The molecule has 0 spiro atoms. The molecule has 0 amide bonds. The highest BCUT2D eigenvalue weighted by molar-refractivity contribution is 6.14. The van der Waals surface area contributed by atoms with Crippen molar-refractivity contribution < 1.29 is 19.1 Å². The van der Waals surface area contributed by atoms with Crippen molar-refractivity contribution in [3.8, 4) is 17.0 Å². The predicted molar refractivity (Wildman–Crippen MR) is 116 cm³/mol. The number of aryl methyl sites for hydroxylation is 1. The number of hydrogen-bond acceptors (Lipinski definition) is 4. The van der Waals surface area contributed by atoms with Crippen LogP contribution in [0.3, 0.4) is 0 Å². The summed E-state index contributed by atoms with van der Waals surface area (Å²) in [5.41, 5.74) is 3.61. The lowest BCUT2D eigenvalue weighted by molar-refractivity contribution is 0.0475. The van der Waals surface area contributed by atoms with E-state index in [2.05, 4.69) is 0 Å². The first kappa shape index (κ1) is 19.5. The minimum Gasteiger partial charge on any atom is -0.497 e. The highest BCUT2D eigenvalue weighted by Crippen LogP contribution is 2.33. The Labute approximate surface area is 174 Å². The molecule has 0 aliphatic rings. The first-order valence-electron chi connectivity index (χ1n) is 9.57. The van der Waals surface area contributed by atoms with Crippen LogP contribution >= 0.6 is 0 Å². The van der Waals surface area contributed by atoms with Crippen molar-refractivity contribution in [2.45, 2.75) is 0 Å². The van der Waals surface area contributed by atoms with Crippen LogP contribution in [0.1, 0.15) is 20.7 Å². The van der Waals surface area contributed by atoms with Crippen molar-refractivity contribution in [2.75, 3.05) is 13.7 Å². The molecule has 0 aliphatic heterocycles. The van der Waals surface area contributed by atoms with Gasteiger partial charge < -0.3 is 14.0 Å². The third kappa shape index (κ3) is 3.57. The Balaban J connectivity index is 1.65. The second kappa shape index (κ2) is 8.25. The number of fused-ring (bicyclic) bond motifs is 1. The van der Waals surface area contributed by atoms with E-state index in [-0.39, 0.29) is 12.4 Å². The zero-order chi connectivity index (χ0) is 21.1. The van der Waals surface area contributed by atoms with Gasteiger partial charge in [-0.15, -0.1) is 0 Å². The Morgan fingerprint density at radius 2 is 1.53 bits per heavy atom. The SMILES string of the molecule is COc1ccc(C(=O)OCC(=O)c2c(-c3ccccc3)n(C)c3ccccc23)cc1. The molecule has 0 bridgehead atoms. The lowest BCUT2D eigenvalue weighted by atomic mass is 10.0. The van der Waals surface area contributed by atoms with Gasteiger partial charge in [-0.3, -0.25) is 4.79 Å². The average molecular weight is 399 g/mol. The molecule has 0 unspecified atom stereocenters. The molecular weight excluding hydrogens is 378 g/mol. The smallest absolute Gasteiger partial charge is 0.338 e. The van der Waals surface area contributed by atoms with E-state index in [1.54, 1.807) is 31.4 Å². The van der Waals surface area contributed by atoms with E-state index >= 15 is 0 Å². The summed E-state index contributed by atoms with van der Waals surface area (Å²) in [5.74, 6) is -0.147. The van der Waals surface area contributed by atoms with Crippen molar-refractivity contribution in [1.29, 1.82) is 0 Å². The van der Waals surface area contributed by atoms with Crippen LogP contribution in [0.2, 0.25) is 0 Å². The predicted octanol–water partition coefficient (Wildman–Crippen LogP) is 4.89. The lowest BCUT2D eigenvalue weighted by Crippen LogP contribution is -2.15. The molecule has 1 aromatic heterocycles. The second-order valence-corrected chi connectivity index (χ2v) is 6.89. The van der Waals surface area contributed by atoms with Crippen LogP contribution in [0, 0.1) is 0 Å². The van der Waals surface area contributed by atoms with Gasteiger partial charge in [-0.2, -0.15) is 0 Å². The van der Waals surface area contributed by atoms with Crippen LogP contribution in [0.5, 0.6) is 5.75 Å². The molecule has 0 saturated heterocycles. The topological polar surface area (TPSA) is 57.5 Å². The molecule has 4 rings (SSSR count). The number of aromatic nitrogens is 1. The van der Waals surface area contributed by atoms with Crippen LogP contribution in [0.15, 0.2) is 78.9 Å². The number of benzene rings is 3. The number of Topliss-reactive ketones (excluding diaryl/α,β-unsaturated/α-hetero) is 1. The van der Waals surface area contributed by atoms with E-state index in [4.69, 9.17) is 9.47 Å². The highest BCUT2D eigenvalue weighted by Gasteiger charge is 2.23. The molecule has 30 heavy (non-hydrogen) atoms. The zero-order valence-corrected chi connectivity index (χ0v) is 16.8. The minimum absolute atomic E-state index is 0.243. The summed E-state index contributed by atoms with van der Waals surface area (Å²) in [6.07, 6.45) is 0. The number of ketones is 1. The average Bonchev–Trinajstić information content (AvgIpc) is 3.10. The Hall–Kier alpha value is -3.86. The number of ether oxygens (including phenoxy) is 2. The van der Waals surface area contributed by atoms with Gasteiger partial charge in [-0.1, -0.05) is 48.5 Å². The fraction of sp³-hybridized carbons (Fsp3) is 0.120. The Kier molecular flexibility index (Phi) is 5.35. The minimum atomic E-state index is -0.549. The number of carbonyl (C=O) groups excluding carboxylic acids is 2. The van der Waals surface area contributed by atoms with Gasteiger partial charge in [0.15, 0.2) is 6.61 Å². The third-order valence-corrected chi connectivity index (χ3v) is 5.09. The van der Waals surface area contributed by atoms with Gasteiger partial charge in [0.05, 0.1) is 23.9 Å². The molecule has 1 heterocycles. The maximum absolute atomic E-state index is 13.2. The van der Waals surface area contributed by atoms with Crippen molar-refractivity contribution in [3.05, 3.63) is 90.0 Å². The Morgan fingerprint density at radius 3 is 2.23 bits per heavy atom. The number of esters is 1. The van der Waals surface area contributed by atoms with Gasteiger partial charge in [0.1, 0.15) is 5.75 Å². The number of methoxy groups -OCH3 is 1. The molecule has 0 fully saturated rings. The van der Waals surface area contributed by atoms with E-state index in [9.17, 15) is 9.59 Å². The van der Waals surface area contributed by atoms with Crippen molar-refractivity contribution >= 4 is 22.7 Å². The molecule has 150 valence electrons. The van der Waals surface area contributed by atoms with Crippen LogP contribution in [0.25, 0.3) is 22.2 Å². The standard InChI is InChI=1S/C25H21NO4/c1-26-21-11-7-6-10-20(21)23(24(26)17-8-4-3-5-9-17)22(27)16-30-25(28)18-12-14-19(29-2)15-13-18/h3-15H,16H2,1-2H3. The van der Waals surface area contributed by atoms with E-state index in [1.807, 2.05) is 66.2 Å². The summed E-state index contributed by atoms with van der Waals surface area (Å²) < 4.78 is 12.4. The van der Waals surface area contributed by atoms with Gasteiger partial charge in [-0.05, 0) is 35.9 Å². The monoisotopic (exact) mass is 399 g/mol. The molecular formula is C25H21NO4. The summed E-state index contributed by atoms with van der Waals surface area (Å²) in [6.45, 7) is -0.335. The molecule has 0 atom stereocenters. The van der Waals surface area contributed by atoms with Gasteiger partial charge in [-0.25, -0.2) is 4.79 Å². The molecule has 4 aromatic rings. The molecule has 3 aromatic carbocycles. The molecule has 5 heteroatoms. The zero-order valence-electron chi connectivity index (χ0n) is 16.8. The quantitative estimate of drug-likeness (QED) is 0.342. The fourth-order valence-corrected chi connectivity index (χ4v) is 3.62. The third-order valence-electron chi connectivity index (χ3n) is 5.09. The van der Waals surface area contributed by atoms with Crippen LogP contribution < -0.4 is 4.74 Å². The summed E-state index contributed by atoms with van der Waals surface area (Å²) in [4.78, 5) is 25.6. The van der Waals surface area contributed by atoms with Gasteiger partial charge in [0, 0.05) is 18.0 Å². The summed E-state index contributed by atoms with van der Waals surface area (Å²) in [6, 6.07) is 24.0. The molecule has 0 N–H and O–H groups in total. The first-order valence-corrected chi connectivity index (χ1v) is 9.57. The Morgan fingerprint density at radius 1 is 0.867 bits per heavy atom. The number of hydrogen-bond donors (Lipinski definition) is 0. The summed E-state index contributed by atoms with van der Waals surface area (Å²) in [7, 11) is 3.49. The van der Waals surface area contributed by atoms with E-state index < -0.39 is 5.97 Å². The van der Waals surface area contributed by atoms with Crippen molar-refractivity contribution in [2.24, 2.45) is 7.05 Å². The largest absolute Gasteiger partial charge is 0.497 e. The lowest BCUT2D eigenvalue weighted by Gasteiger charge is -2.09. The maximum Gasteiger partial charge on any atom is 0.338 e. The summed E-state index contributed by atoms with van der Waals surface area (Å²) in [5, 5.41) is 0.837. The van der Waals surface area contributed by atoms with Crippen LogP contribution in [0.4, 0.5) is 0 Å². The summed E-state index contributed by atoms with van der Waals surface area (Å²) >= 11 is 0.